The van der Waals surface area contributed by atoms with E-state index in [1.165, 1.54) is 0 Å². The van der Waals surface area contributed by atoms with Crippen LogP contribution in [0, 0.1) is 0 Å². The van der Waals surface area contributed by atoms with Crippen LogP contribution in [-0.4, -0.2) is 39.6 Å². The lowest BCUT2D eigenvalue weighted by Crippen LogP contribution is -2.43. The molecule has 1 aliphatic heterocycles. The highest BCUT2D eigenvalue weighted by atomic mass is 35.5. The number of hydrogen-bond donors (Lipinski definition) is 3. The number of thioether (sulfide) groups is 1. The summed E-state index contributed by atoms with van der Waals surface area (Å²) in [6, 6.07) is 5.58. The van der Waals surface area contributed by atoms with Crippen molar-refractivity contribution in [1.29, 1.82) is 0 Å². The number of aliphatic hydroxyl groups is 1. The number of amides is 1. The zero-order valence-corrected chi connectivity index (χ0v) is 13.1. The smallest absolute Gasteiger partial charge is 0.224 e. The van der Waals surface area contributed by atoms with E-state index >= 15 is 0 Å². The molecule has 1 aromatic carbocycles. The third-order valence-corrected chi connectivity index (χ3v) is 5.25. The molecule has 2 aromatic rings. The highest BCUT2D eigenvalue weighted by molar-refractivity contribution is 7.99. The molecule has 21 heavy (non-hydrogen) atoms. The van der Waals surface area contributed by atoms with Gasteiger partial charge in [0.1, 0.15) is 0 Å². The minimum Gasteiger partial charge on any atom is -0.387 e. The van der Waals surface area contributed by atoms with E-state index in [2.05, 4.69) is 10.3 Å². The van der Waals surface area contributed by atoms with Crippen LogP contribution in [0.25, 0.3) is 10.9 Å². The summed E-state index contributed by atoms with van der Waals surface area (Å²) in [7, 11) is 0. The Hall–Kier alpha value is -1.17. The molecule has 6 heteroatoms. The fourth-order valence-corrected chi connectivity index (χ4v) is 4.00. The first-order valence-electron chi connectivity index (χ1n) is 6.88. The summed E-state index contributed by atoms with van der Waals surface area (Å²) in [5.74, 6) is 1.56. The fraction of sp³-hybridized carbons (Fsp3) is 0.400. The first-order valence-corrected chi connectivity index (χ1v) is 8.41. The van der Waals surface area contributed by atoms with Crippen LogP contribution in [0.1, 0.15) is 12.0 Å². The van der Waals surface area contributed by atoms with Crippen LogP contribution >= 0.6 is 23.4 Å². The van der Waals surface area contributed by atoms with E-state index in [0.717, 1.165) is 28.6 Å². The first kappa shape index (κ1) is 14.8. The maximum Gasteiger partial charge on any atom is 0.224 e. The molecule has 4 nitrogen and oxygen atoms in total. The van der Waals surface area contributed by atoms with Crippen molar-refractivity contribution in [2.24, 2.45) is 0 Å². The van der Waals surface area contributed by atoms with Crippen molar-refractivity contribution in [2.75, 3.05) is 18.1 Å². The van der Waals surface area contributed by atoms with Crippen LogP contribution in [0.15, 0.2) is 24.4 Å². The molecule has 0 spiro atoms. The highest BCUT2D eigenvalue weighted by Gasteiger charge is 2.31. The van der Waals surface area contributed by atoms with Crippen molar-refractivity contribution >= 4 is 40.2 Å². The zero-order valence-electron chi connectivity index (χ0n) is 11.5. The molecule has 1 fully saturated rings. The Bertz CT molecular complexity index is 665. The lowest BCUT2D eigenvalue weighted by atomic mass is 10.0. The number of carbonyl (C=O) groups is 1. The maximum absolute atomic E-state index is 12.1. The number of aromatic nitrogens is 1. The Morgan fingerprint density at radius 1 is 1.52 bits per heavy atom. The number of carbonyl (C=O) groups excluding carboxylic acids is 1. The molecule has 0 unspecified atom stereocenters. The van der Waals surface area contributed by atoms with Crippen LogP contribution in [0.4, 0.5) is 0 Å². The van der Waals surface area contributed by atoms with Gasteiger partial charge in [-0.15, -0.1) is 0 Å². The number of rotatable bonds is 4. The maximum atomic E-state index is 12.1. The van der Waals surface area contributed by atoms with E-state index in [9.17, 15) is 9.90 Å². The predicted molar refractivity (Wildman–Crippen MR) is 86.9 cm³/mol. The second kappa shape index (κ2) is 5.91. The van der Waals surface area contributed by atoms with Gasteiger partial charge in [0, 0.05) is 34.4 Å². The summed E-state index contributed by atoms with van der Waals surface area (Å²) in [6.07, 6.45) is 2.85. The zero-order chi connectivity index (χ0) is 14.9. The number of fused-ring (bicyclic) bond motifs is 1. The normalized spacial score (nSPS) is 21.8. The molecule has 1 aromatic heterocycles. The van der Waals surface area contributed by atoms with E-state index in [0.29, 0.717) is 17.3 Å². The Morgan fingerprint density at radius 2 is 2.38 bits per heavy atom. The SMILES string of the molecule is O=C(Cc1c[nH]c2ccc(Cl)cc12)NC[C@]1(O)CCSC1. The average molecular weight is 325 g/mol. The summed E-state index contributed by atoms with van der Waals surface area (Å²) in [6.45, 7) is 0.321. The van der Waals surface area contributed by atoms with Gasteiger partial charge in [0.15, 0.2) is 0 Å². The summed E-state index contributed by atoms with van der Waals surface area (Å²) in [5, 5.41) is 14.7. The molecule has 3 N–H and O–H groups in total. The topological polar surface area (TPSA) is 65.1 Å². The summed E-state index contributed by atoms with van der Waals surface area (Å²) < 4.78 is 0. The molecule has 0 aliphatic carbocycles. The van der Waals surface area contributed by atoms with Gasteiger partial charge in [-0.05, 0) is 35.9 Å². The van der Waals surface area contributed by atoms with Gasteiger partial charge in [0.2, 0.25) is 5.91 Å². The number of nitrogens with one attached hydrogen (secondary N) is 2. The third kappa shape index (κ3) is 3.36. The minimum absolute atomic E-state index is 0.0822. The van der Waals surface area contributed by atoms with E-state index in [1.54, 1.807) is 11.8 Å². The Balaban J connectivity index is 1.64. The van der Waals surface area contributed by atoms with E-state index in [-0.39, 0.29) is 12.3 Å². The number of halogens is 1. The van der Waals surface area contributed by atoms with E-state index in [1.807, 2.05) is 24.4 Å². The molecular weight excluding hydrogens is 308 g/mol. The number of aromatic amines is 1. The molecule has 1 atom stereocenters. The summed E-state index contributed by atoms with van der Waals surface area (Å²) in [5.41, 5.74) is 1.13. The molecule has 112 valence electrons. The molecule has 1 aliphatic rings. The quantitative estimate of drug-likeness (QED) is 0.809. The molecule has 1 saturated heterocycles. The molecule has 1 amide bonds. The van der Waals surface area contributed by atoms with Gasteiger partial charge in [0.25, 0.3) is 0 Å². The van der Waals surface area contributed by atoms with Crippen molar-refractivity contribution in [3.63, 3.8) is 0 Å². The van der Waals surface area contributed by atoms with E-state index < -0.39 is 5.60 Å². The number of hydrogen-bond acceptors (Lipinski definition) is 3. The van der Waals surface area contributed by atoms with Crippen molar-refractivity contribution in [3.05, 3.63) is 35.0 Å². The molecule has 0 bridgehead atoms. The monoisotopic (exact) mass is 324 g/mol. The predicted octanol–water partition coefficient (Wildman–Crippen LogP) is 2.35. The van der Waals surface area contributed by atoms with Gasteiger partial charge in [0.05, 0.1) is 12.0 Å². The lowest BCUT2D eigenvalue weighted by Gasteiger charge is -2.21. The van der Waals surface area contributed by atoms with Gasteiger partial charge >= 0.3 is 0 Å². The molecular formula is C15H17ClN2O2S. The minimum atomic E-state index is -0.746. The largest absolute Gasteiger partial charge is 0.387 e. The Kier molecular flexibility index (Phi) is 4.15. The van der Waals surface area contributed by atoms with Gasteiger partial charge < -0.3 is 15.4 Å². The van der Waals surface area contributed by atoms with Crippen molar-refractivity contribution in [3.8, 4) is 0 Å². The number of H-pyrrole nitrogens is 1. The van der Waals surface area contributed by atoms with Crippen LogP contribution in [0.5, 0.6) is 0 Å². The van der Waals surface area contributed by atoms with Crippen LogP contribution in [-0.2, 0) is 11.2 Å². The van der Waals surface area contributed by atoms with Crippen molar-refractivity contribution < 1.29 is 9.90 Å². The number of benzene rings is 1. The van der Waals surface area contributed by atoms with Gasteiger partial charge in [-0.1, -0.05) is 11.6 Å². The first-order chi connectivity index (χ1) is 10.1. The average Bonchev–Trinajstić information content (AvgIpc) is 3.05. The second-order valence-electron chi connectivity index (χ2n) is 5.48. The molecule has 3 rings (SSSR count). The van der Waals surface area contributed by atoms with Gasteiger partial charge in [-0.3, -0.25) is 4.79 Å². The Morgan fingerprint density at radius 3 is 3.14 bits per heavy atom. The second-order valence-corrected chi connectivity index (χ2v) is 7.03. The molecule has 0 saturated carbocycles. The fourth-order valence-electron chi connectivity index (χ4n) is 2.53. The van der Waals surface area contributed by atoms with Crippen molar-refractivity contribution in [2.45, 2.75) is 18.4 Å². The standard InChI is InChI=1S/C15H17ClN2O2S/c16-11-1-2-13-12(6-11)10(7-17-13)5-14(19)18-8-15(20)3-4-21-9-15/h1-2,6-7,17,20H,3-5,8-9H2,(H,18,19)/t15-/m1/s1. The Labute approximate surface area is 132 Å². The summed E-state index contributed by atoms with van der Waals surface area (Å²) in [4.78, 5) is 15.2. The lowest BCUT2D eigenvalue weighted by molar-refractivity contribution is -0.121. The van der Waals surface area contributed by atoms with Gasteiger partial charge in [-0.25, -0.2) is 0 Å². The van der Waals surface area contributed by atoms with E-state index in [4.69, 9.17) is 11.6 Å². The van der Waals surface area contributed by atoms with Crippen LogP contribution in [0.2, 0.25) is 5.02 Å². The van der Waals surface area contributed by atoms with Gasteiger partial charge in [-0.2, -0.15) is 11.8 Å². The molecule has 0 radical (unpaired) electrons. The van der Waals surface area contributed by atoms with Crippen LogP contribution < -0.4 is 5.32 Å². The summed E-state index contributed by atoms with van der Waals surface area (Å²) >= 11 is 7.72. The highest BCUT2D eigenvalue weighted by Crippen LogP contribution is 2.27. The molecule has 2 heterocycles. The van der Waals surface area contributed by atoms with Crippen molar-refractivity contribution in [1.82, 2.24) is 10.3 Å². The third-order valence-electron chi connectivity index (χ3n) is 3.78. The van der Waals surface area contributed by atoms with Crippen LogP contribution in [0.3, 0.4) is 0 Å².